The Labute approximate surface area is 213 Å². The van der Waals surface area contributed by atoms with Crippen molar-refractivity contribution in [3.05, 3.63) is 65.2 Å². The smallest absolute Gasteiger partial charge is 0.270 e. The molecule has 4 heterocycles. The van der Waals surface area contributed by atoms with Crippen LogP contribution in [0.2, 0.25) is 0 Å². The van der Waals surface area contributed by atoms with Crippen LogP contribution in [0.3, 0.4) is 0 Å². The van der Waals surface area contributed by atoms with Gasteiger partial charge in [0, 0.05) is 23.9 Å². The molecule has 9 nitrogen and oxygen atoms in total. The molecule has 37 heavy (non-hydrogen) atoms. The maximum absolute atomic E-state index is 14.4. The Hall–Kier alpha value is -4.21. The number of anilines is 1. The van der Waals surface area contributed by atoms with Crippen LogP contribution in [-0.4, -0.2) is 43.1 Å². The highest BCUT2D eigenvalue weighted by Crippen LogP contribution is 2.39. The summed E-state index contributed by atoms with van der Waals surface area (Å²) in [5, 5.41) is 11.1. The molecule has 0 saturated carbocycles. The highest BCUT2D eigenvalue weighted by molar-refractivity contribution is 6.09. The number of nitrogens with one attached hydrogen (secondary N) is 2. The van der Waals surface area contributed by atoms with Gasteiger partial charge in [0.05, 0.1) is 17.3 Å². The minimum Gasteiger partial charge on any atom is -0.350 e. The van der Waals surface area contributed by atoms with Gasteiger partial charge >= 0.3 is 0 Å². The first-order chi connectivity index (χ1) is 17.7. The van der Waals surface area contributed by atoms with E-state index in [1.165, 1.54) is 6.07 Å². The third-order valence-corrected chi connectivity index (χ3v) is 6.85. The monoisotopic (exact) mass is 501 g/mol. The molecule has 0 aliphatic carbocycles. The Kier molecular flexibility index (Phi) is 6.18. The van der Waals surface area contributed by atoms with Crippen LogP contribution in [0.15, 0.2) is 42.6 Å². The van der Waals surface area contributed by atoms with Gasteiger partial charge in [0.2, 0.25) is 5.91 Å². The average Bonchev–Trinajstić information content (AvgIpc) is 3.36. The van der Waals surface area contributed by atoms with Crippen molar-refractivity contribution >= 4 is 28.7 Å². The second-order valence-corrected chi connectivity index (χ2v) is 9.89. The lowest BCUT2D eigenvalue weighted by Crippen LogP contribution is -2.33. The zero-order chi connectivity index (χ0) is 26.3. The van der Waals surface area contributed by atoms with Crippen LogP contribution >= 0.6 is 0 Å². The fraction of sp³-hybridized carbons (Fsp3) is 0.333. The lowest BCUT2D eigenvalue weighted by molar-refractivity contribution is -0.119. The Bertz CT molecular complexity index is 1530. The van der Waals surface area contributed by atoms with Gasteiger partial charge in [0.1, 0.15) is 23.0 Å². The van der Waals surface area contributed by atoms with Gasteiger partial charge in [-0.2, -0.15) is 5.10 Å². The molecule has 1 aliphatic rings. The third kappa shape index (κ3) is 4.32. The molecular formula is C27H28FN7O2. The minimum absolute atomic E-state index is 0.132. The normalized spacial score (nSPS) is 14.9. The molecule has 10 heteroatoms. The Morgan fingerprint density at radius 1 is 1.19 bits per heavy atom. The number of amides is 2. The number of nitrogens with zero attached hydrogens (tertiary/aromatic N) is 5. The first-order valence-corrected chi connectivity index (χ1v) is 12.3. The van der Waals surface area contributed by atoms with Gasteiger partial charge in [-0.25, -0.2) is 24.0 Å². The predicted molar refractivity (Wildman–Crippen MR) is 137 cm³/mol. The van der Waals surface area contributed by atoms with Crippen LogP contribution in [0.1, 0.15) is 55.7 Å². The topological polar surface area (TPSA) is 115 Å². The largest absolute Gasteiger partial charge is 0.350 e. The van der Waals surface area contributed by atoms with Crippen LogP contribution in [0, 0.1) is 11.7 Å². The molecular weight excluding hydrogens is 473 g/mol. The minimum atomic E-state index is -0.981. The van der Waals surface area contributed by atoms with E-state index in [2.05, 4.69) is 37.6 Å². The molecule has 1 unspecified atom stereocenters. The van der Waals surface area contributed by atoms with E-state index in [0.29, 0.717) is 34.4 Å². The summed E-state index contributed by atoms with van der Waals surface area (Å²) in [5.41, 5.74) is 0.973. The van der Waals surface area contributed by atoms with Gasteiger partial charge in [-0.05, 0) is 38.0 Å². The van der Waals surface area contributed by atoms with Crippen molar-refractivity contribution in [3.63, 3.8) is 0 Å². The zero-order valence-electron chi connectivity index (χ0n) is 21.2. The number of benzene rings is 1. The highest BCUT2D eigenvalue weighted by atomic mass is 19.1. The van der Waals surface area contributed by atoms with Gasteiger partial charge < -0.3 is 10.6 Å². The Morgan fingerprint density at radius 3 is 2.73 bits per heavy atom. The van der Waals surface area contributed by atoms with Crippen LogP contribution in [0.25, 0.3) is 22.6 Å². The number of pyridine rings is 1. The van der Waals surface area contributed by atoms with Gasteiger partial charge in [-0.3, -0.25) is 9.59 Å². The van der Waals surface area contributed by atoms with Crippen molar-refractivity contribution < 1.29 is 14.0 Å². The van der Waals surface area contributed by atoms with E-state index >= 15 is 0 Å². The second kappa shape index (κ2) is 9.34. The molecule has 0 saturated heterocycles. The first kappa shape index (κ1) is 24.5. The van der Waals surface area contributed by atoms with Gasteiger partial charge in [-0.1, -0.05) is 38.5 Å². The van der Waals surface area contributed by atoms with Crippen LogP contribution < -0.4 is 10.6 Å². The number of carbonyl (C=O) groups excluding carboxylic acids is 2. The Balaban J connectivity index is 1.64. The number of carbonyl (C=O) groups is 2. The van der Waals surface area contributed by atoms with Gasteiger partial charge in [-0.15, -0.1) is 0 Å². The first-order valence-electron chi connectivity index (χ1n) is 12.3. The lowest BCUT2D eigenvalue weighted by atomic mass is 9.85. The maximum Gasteiger partial charge on any atom is 0.270 e. The molecule has 0 radical (unpaired) electrons. The van der Waals surface area contributed by atoms with E-state index < -0.39 is 5.41 Å². The molecule has 2 N–H and O–H groups in total. The maximum atomic E-state index is 14.4. The second-order valence-electron chi connectivity index (χ2n) is 9.89. The molecule has 2 amide bonds. The Morgan fingerprint density at radius 2 is 1.97 bits per heavy atom. The van der Waals surface area contributed by atoms with E-state index in [1.807, 2.05) is 13.0 Å². The molecule has 1 aliphatic heterocycles. The zero-order valence-corrected chi connectivity index (χ0v) is 21.2. The lowest BCUT2D eigenvalue weighted by Gasteiger charge is -2.18. The number of rotatable bonds is 7. The molecule has 1 atom stereocenters. The van der Waals surface area contributed by atoms with E-state index in [0.717, 1.165) is 6.42 Å². The summed E-state index contributed by atoms with van der Waals surface area (Å²) in [6.45, 7) is 8.22. The summed E-state index contributed by atoms with van der Waals surface area (Å²) in [5.74, 6) is -0.234. The summed E-state index contributed by atoms with van der Waals surface area (Å²) in [6.07, 6.45) is 2.54. The summed E-state index contributed by atoms with van der Waals surface area (Å²) in [7, 11) is 0. The number of hydrogen-bond donors (Lipinski definition) is 2. The van der Waals surface area contributed by atoms with Crippen LogP contribution in [0.4, 0.5) is 10.2 Å². The predicted octanol–water partition coefficient (Wildman–Crippen LogP) is 4.08. The SMILES string of the molecule is CCC(C)CNC(=O)c1nc(-c2nn(Cc3ccccc3F)c3ncccc23)nc2c1C(C)(C)C(=O)N2. The number of aromatic nitrogens is 5. The fourth-order valence-electron chi connectivity index (χ4n) is 4.36. The molecule has 5 rings (SSSR count). The van der Waals surface area contributed by atoms with Crippen molar-refractivity contribution in [1.82, 2.24) is 30.0 Å². The highest BCUT2D eigenvalue weighted by Gasteiger charge is 2.44. The number of fused-ring (bicyclic) bond motifs is 2. The van der Waals surface area contributed by atoms with Crippen molar-refractivity contribution in [2.45, 2.75) is 46.1 Å². The van der Waals surface area contributed by atoms with Crippen molar-refractivity contribution in [2.75, 3.05) is 11.9 Å². The molecule has 190 valence electrons. The summed E-state index contributed by atoms with van der Waals surface area (Å²) >= 11 is 0. The average molecular weight is 502 g/mol. The van der Waals surface area contributed by atoms with Gasteiger partial charge in [0.15, 0.2) is 11.5 Å². The molecule has 4 aromatic rings. The van der Waals surface area contributed by atoms with Crippen molar-refractivity contribution in [2.24, 2.45) is 5.92 Å². The molecule has 0 fully saturated rings. The summed E-state index contributed by atoms with van der Waals surface area (Å²) in [6, 6.07) is 10.1. The van der Waals surface area contributed by atoms with E-state index in [1.54, 1.807) is 49.0 Å². The molecule has 3 aromatic heterocycles. The van der Waals surface area contributed by atoms with E-state index in [-0.39, 0.29) is 47.4 Å². The standard InChI is InChI=1S/C27H28FN7O2/c1-5-15(2)13-30-25(36)21-19-22(33-26(37)27(19,3)4)32-23(31-21)20-17-10-8-12-29-24(17)35(34-20)14-16-9-6-7-11-18(16)28/h6-12,15H,5,13-14H2,1-4H3,(H,30,36)(H,31,32,33,37). The number of halogens is 1. The molecule has 0 spiro atoms. The molecule has 1 aromatic carbocycles. The quantitative estimate of drug-likeness (QED) is 0.394. The fourth-order valence-corrected chi connectivity index (χ4v) is 4.36. The van der Waals surface area contributed by atoms with Crippen LogP contribution in [0.5, 0.6) is 0 Å². The molecule has 0 bridgehead atoms. The van der Waals surface area contributed by atoms with Crippen LogP contribution in [-0.2, 0) is 16.8 Å². The third-order valence-electron chi connectivity index (χ3n) is 6.85. The number of hydrogen-bond acceptors (Lipinski definition) is 6. The summed E-state index contributed by atoms with van der Waals surface area (Å²) < 4.78 is 16.0. The summed E-state index contributed by atoms with van der Waals surface area (Å²) in [4.78, 5) is 39.8. The van der Waals surface area contributed by atoms with Crippen molar-refractivity contribution in [1.29, 1.82) is 0 Å². The van der Waals surface area contributed by atoms with E-state index in [4.69, 9.17) is 0 Å². The van der Waals surface area contributed by atoms with E-state index in [9.17, 15) is 14.0 Å². The van der Waals surface area contributed by atoms with Crippen molar-refractivity contribution in [3.8, 4) is 11.5 Å². The van der Waals surface area contributed by atoms with Gasteiger partial charge in [0.25, 0.3) is 5.91 Å².